The highest BCUT2D eigenvalue weighted by atomic mass is 19.4. The molecule has 0 unspecified atom stereocenters. The third-order valence-electron chi connectivity index (χ3n) is 4.45. The van der Waals surface area contributed by atoms with Gasteiger partial charge in [0.2, 0.25) is 0 Å². The van der Waals surface area contributed by atoms with Crippen LogP contribution in [0.5, 0.6) is 0 Å². The van der Waals surface area contributed by atoms with Gasteiger partial charge in [-0.2, -0.15) is 26.3 Å². The first kappa shape index (κ1) is 22.6. The molecule has 3 nitrogen and oxygen atoms in total. The second-order valence-electron chi connectivity index (χ2n) is 6.54. The summed E-state index contributed by atoms with van der Waals surface area (Å²) in [5.74, 6) is 0. The Balaban J connectivity index is 2.89. The highest BCUT2D eigenvalue weighted by molar-refractivity contribution is 5.74. The Hall–Kier alpha value is -2.65. The standard InChI is InChI=1S/C19H16F7NO2/c1-3-4-12-9-11(2)16(13-5-7-14(8-6-13)27(28)29)15(10-12)17(20,18(21,22)23)19(24,25)26/h5-10H,3-4H2,1-2H3. The summed E-state index contributed by atoms with van der Waals surface area (Å²) in [6, 6.07) is 5.82. The predicted molar refractivity (Wildman–Crippen MR) is 92.2 cm³/mol. The van der Waals surface area contributed by atoms with E-state index in [4.69, 9.17) is 0 Å². The van der Waals surface area contributed by atoms with Gasteiger partial charge in [0.15, 0.2) is 0 Å². The van der Waals surface area contributed by atoms with E-state index in [1.54, 1.807) is 6.92 Å². The molecule has 29 heavy (non-hydrogen) atoms. The maximum absolute atomic E-state index is 14.9. The molecule has 0 saturated heterocycles. The molecule has 0 fully saturated rings. The Bertz CT molecular complexity index is 888. The van der Waals surface area contributed by atoms with E-state index < -0.39 is 39.8 Å². The lowest BCUT2D eigenvalue weighted by atomic mass is 9.83. The summed E-state index contributed by atoms with van der Waals surface area (Å²) in [5.41, 5.74) is -8.26. The average molecular weight is 423 g/mol. The summed E-state index contributed by atoms with van der Waals surface area (Å²) in [7, 11) is 0. The molecule has 0 aromatic heterocycles. The molecule has 0 aliphatic carbocycles. The zero-order chi connectivity index (χ0) is 22.2. The molecule has 0 N–H and O–H groups in total. The van der Waals surface area contributed by atoms with E-state index in [0.29, 0.717) is 12.5 Å². The van der Waals surface area contributed by atoms with Crippen LogP contribution in [0.1, 0.15) is 30.0 Å². The van der Waals surface area contributed by atoms with Gasteiger partial charge in [0, 0.05) is 17.7 Å². The largest absolute Gasteiger partial charge is 0.435 e. The van der Waals surface area contributed by atoms with Crippen molar-refractivity contribution >= 4 is 5.69 Å². The number of nitrogens with zero attached hydrogens (tertiary/aromatic N) is 1. The van der Waals surface area contributed by atoms with Crippen molar-refractivity contribution in [3.8, 4) is 11.1 Å². The zero-order valence-corrected chi connectivity index (χ0v) is 15.3. The van der Waals surface area contributed by atoms with E-state index in [0.717, 1.165) is 24.3 Å². The molecule has 0 heterocycles. The lowest BCUT2D eigenvalue weighted by Gasteiger charge is -2.33. The van der Waals surface area contributed by atoms with Crippen LogP contribution in [0.3, 0.4) is 0 Å². The number of non-ortho nitro benzene ring substituents is 1. The lowest BCUT2D eigenvalue weighted by molar-refractivity contribution is -0.384. The molecule has 0 atom stereocenters. The van der Waals surface area contributed by atoms with Gasteiger partial charge in [-0.1, -0.05) is 25.5 Å². The molecular weight excluding hydrogens is 407 g/mol. The van der Waals surface area contributed by atoms with Crippen LogP contribution in [0.25, 0.3) is 11.1 Å². The van der Waals surface area contributed by atoms with Gasteiger partial charge in [-0.3, -0.25) is 10.1 Å². The van der Waals surface area contributed by atoms with Crippen LogP contribution in [-0.4, -0.2) is 17.3 Å². The Morgan fingerprint density at radius 2 is 1.45 bits per heavy atom. The molecule has 2 aromatic carbocycles. The maximum atomic E-state index is 14.9. The Morgan fingerprint density at radius 3 is 1.86 bits per heavy atom. The van der Waals surface area contributed by atoms with Crippen LogP contribution >= 0.6 is 0 Å². The fourth-order valence-electron chi connectivity index (χ4n) is 3.17. The normalized spacial score (nSPS) is 12.9. The van der Waals surface area contributed by atoms with Crippen LogP contribution in [0, 0.1) is 17.0 Å². The first-order valence-corrected chi connectivity index (χ1v) is 8.45. The van der Waals surface area contributed by atoms with Crippen LogP contribution < -0.4 is 0 Å². The SMILES string of the molecule is CCCc1cc(C)c(-c2ccc([N+](=O)[O-])cc2)c(C(F)(C(F)(F)F)C(F)(F)F)c1. The van der Waals surface area contributed by atoms with E-state index in [1.165, 1.54) is 13.0 Å². The molecule has 0 saturated carbocycles. The average Bonchev–Trinajstić information content (AvgIpc) is 2.59. The smallest absolute Gasteiger partial charge is 0.258 e. The van der Waals surface area contributed by atoms with Gasteiger partial charge in [-0.15, -0.1) is 0 Å². The molecule has 0 radical (unpaired) electrons. The Labute approximate surface area is 161 Å². The number of alkyl halides is 7. The minimum absolute atomic E-state index is 0.00433. The highest BCUT2D eigenvalue weighted by Gasteiger charge is 2.74. The van der Waals surface area contributed by atoms with Crippen molar-refractivity contribution in [1.82, 2.24) is 0 Å². The summed E-state index contributed by atoms with van der Waals surface area (Å²) in [6.07, 6.45) is -12.0. The Morgan fingerprint density at radius 1 is 0.931 bits per heavy atom. The van der Waals surface area contributed by atoms with E-state index in [2.05, 4.69) is 0 Å². The molecule has 2 rings (SSSR count). The summed E-state index contributed by atoms with van der Waals surface area (Å²) in [5, 5.41) is 10.8. The summed E-state index contributed by atoms with van der Waals surface area (Å²) >= 11 is 0. The lowest BCUT2D eigenvalue weighted by Crippen LogP contribution is -2.50. The van der Waals surface area contributed by atoms with E-state index in [1.807, 2.05) is 0 Å². The van der Waals surface area contributed by atoms with Crippen LogP contribution in [-0.2, 0) is 12.1 Å². The number of nitro benzene ring substituents is 1. The second kappa shape index (κ2) is 7.64. The molecular formula is C19H16F7NO2. The maximum Gasteiger partial charge on any atom is 0.435 e. The predicted octanol–water partition coefficient (Wildman–Crippen LogP) is 6.81. The second-order valence-corrected chi connectivity index (χ2v) is 6.54. The van der Waals surface area contributed by atoms with E-state index >= 15 is 0 Å². The minimum Gasteiger partial charge on any atom is -0.258 e. The highest BCUT2D eigenvalue weighted by Crippen LogP contribution is 2.56. The number of aryl methyl sites for hydroxylation is 2. The number of benzene rings is 2. The fraction of sp³-hybridized carbons (Fsp3) is 0.368. The first-order chi connectivity index (χ1) is 13.2. The van der Waals surface area contributed by atoms with Crippen molar-refractivity contribution in [2.45, 2.75) is 44.7 Å². The summed E-state index contributed by atoms with van der Waals surface area (Å²) < 4.78 is 95.4. The number of rotatable bonds is 5. The van der Waals surface area contributed by atoms with Gasteiger partial charge in [-0.25, -0.2) is 4.39 Å². The van der Waals surface area contributed by atoms with Crippen molar-refractivity contribution in [3.05, 3.63) is 63.2 Å². The van der Waals surface area contributed by atoms with Gasteiger partial charge in [0.05, 0.1) is 4.92 Å². The number of hydrogen-bond acceptors (Lipinski definition) is 2. The molecule has 0 aliphatic rings. The van der Waals surface area contributed by atoms with Crippen LogP contribution in [0.2, 0.25) is 0 Å². The van der Waals surface area contributed by atoms with E-state index in [-0.39, 0.29) is 23.1 Å². The van der Waals surface area contributed by atoms with E-state index in [9.17, 15) is 40.8 Å². The van der Waals surface area contributed by atoms with Crippen molar-refractivity contribution in [2.24, 2.45) is 0 Å². The summed E-state index contributed by atoms with van der Waals surface area (Å²) in [6.45, 7) is 2.95. The third kappa shape index (κ3) is 4.06. The van der Waals surface area contributed by atoms with Crippen molar-refractivity contribution in [3.63, 3.8) is 0 Å². The van der Waals surface area contributed by atoms with Crippen LogP contribution in [0.15, 0.2) is 36.4 Å². The minimum atomic E-state index is -6.27. The topological polar surface area (TPSA) is 43.1 Å². The number of hydrogen-bond donors (Lipinski definition) is 0. The van der Waals surface area contributed by atoms with Crippen molar-refractivity contribution < 1.29 is 35.7 Å². The molecule has 0 aliphatic heterocycles. The van der Waals surface area contributed by atoms with Crippen LogP contribution in [0.4, 0.5) is 36.4 Å². The quantitative estimate of drug-likeness (QED) is 0.301. The molecule has 158 valence electrons. The first-order valence-electron chi connectivity index (χ1n) is 8.45. The molecule has 2 aromatic rings. The summed E-state index contributed by atoms with van der Waals surface area (Å²) in [4.78, 5) is 10.00. The molecule has 0 bridgehead atoms. The van der Waals surface area contributed by atoms with Crippen molar-refractivity contribution in [2.75, 3.05) is 0 Å². The van der Waals surface area contributed by atoms with Gasteiger partial charge in [0.25, 0.3) is 5.69 Å². The Kier molecular flexibility index (Phi) is 5.97. The van der Waals surface area contributed by atoms with Gasteiger partial charge in [-0.05, 0) is 47.7 Å². The fourth-order valence-corrected chi connectivity index (χ4v) is 3.17. The van der Waals surface area contributed by atoms with Gasteiger partial charge < -0.3 is 0 Å². The monoisotopic (exact) mass is 423 g/mol. The molecule has 0 spiro atoms. The zero-order valence-electron chi connectivity index (χ0n) is 15.3. The number of halogens is 7. The molecule has 0 amide bonds. The van der Waals surface area contributed by atoms with Gasteiger partial charge in [0.1, 0.15) is 0 Å². The number of nitro groups is 1. The molecule has 10 heteroatoms. The van der Waals surface area contributed by atoms with Crippen molar-refractivity contribution in [1.29, 1.82) is 0 Å². The third-order valence-corrected chi connectivity index (χ3v) is 4.45. The van der Waals surface area contributed by atoms with Gasteiger partial charge >= 0.3 is 18.0 Å².